The summed E-state index contributed by atoms with van der Waals surface area (Å²) in [6.07, 6.45) is 2.57. The first-order chi connectivity index (χ1) is 7.20. The fourth-order valence-electron chi connectivity index (χ4n) is 1.34. The second kappa shape index (κ2) is 3.93. The van der Waals surface area contributed by atoms with Crippen LogP contribution in [0, 0.1) is 6.92 Å². The van der Waals surface area contributed by atoms with Gasteiger partial charge in [0.15, 0.2) is 0 Å². The topological polar surface area (TPSA) is 35.5 Å². The van der Waals surface area contributed by atoms with Crippen LogP contribution in [0.15, 0.2) is 18.2 Å². The maximum absolute atomic E-state index is 11.3. The summed E-state index contributed by atoms with van der Waals surface area (Å²) in [5, 5.41) is 0. The molecule has 1 aromatic carbocycles. The van der Waals surface area contributed by atoms with E-state index in [2.05, 4.69) is 4.74 Å². The molecule has 1 aliphatic rings. The van der Waals surface area contributed by atoms with E-state index in [-0.39, 0.29) is 5.97 Å². The van der Waals surface area contributed by atoms with E-state index in [4.69, 9.17) is 4.74 Å². The zero-order chi connectivity index (χ0) is 10.8. The number of carbonyl (C=O) groups is 1. The van der Waals surface area contributed by atoms with Gasteiger partial charge < -0.3 is 9.47 Å². The lowest BCUT2D eigenvalue weighted by atomic mass is 10.1. The number of ether oxygens (including phenoxy) is 2. The molecular formula is C12H14O3. The Hall–Kier alpha value is -1.51. The molecular weight excluding hydrogens is 192 g/mol. The van der Waals surface area contributed by atoms with Crippen LogP contribution in [0.3, 0.4) is 0 Å². The summed E-state index contributed by atoms with van der Waals surface area (Å²) in [5.74, 6) is 0.469. The van der Waals surface area contributed by atoms with E-state index in [1.165, 1.54) is 7.11 Å². The maximum Gasteiger partial charge on any atom is 0.337 e. The van der Waals surface area contributed by atoms with Crippen LogP contribution in [-0.2, 0) is 4.74 Å². The van der Waals surface area contributed by atoms with E-state index in [0.717, 1.165) is 24.2 Å². The van der Waals surface area contributed by atoms with E-state index in [1.54, 1.807) is 12.1 Å². The van der Waals surface area contributed by atoms with Gasteiger partial charge in [-0.25, -0.2) is 4.79 Å². The molecule has 0 amide bonds. The Balaban J connectivity index is 2.22. The number of benzene rings is 1. The van der Waals surface area contributed by atoms with Gasteiger partial charge in [0.25, 0.3) is 0 Å². The van der Waals surface area contributed by atoms with E-state index in [9.17, 15) is 4.79 Å². The minimum Gasteiger partial charge on any atom is -0.490 e. The Bertz CT molecular complexity index is 380. The molecule has 0 unspecified atom stereocenters. The Morgan fingerprint density at radius 1 is 1.40 bits per heavy atom. The van der Waals surface area contributed by atoms with Crippen LogP contribution in [0.2, 0.25) is 0 Å². The Morgan fingerprint density at radius 3 is 2.73 bits per heavy atom. The zero-order valence-corrected chi connectivity index (χ0v) is 8.95. The smallest absolute Gasteiger partial charge is 0.337 e. The van der Waals surface area contributed by atoms with E-state index in [0.29, 0.717) is 11.7 Å². The second-order valence-corrected chi connectivity index (χ2v) is 3.79. The predicted octanol–water partition coefficient (Wildman–Crippen LogP) is 2.32. The van der Waals surface area contributed by atoms with Crippen molar-refractivity contribution in [1.82, 2.24) is 0 Å². The summed E-state index contributed by atoms with van der Waals surface area (Å²) in [4.78, 5) is 11.3. The first-order valence-corrected chi connectivity index (χ1v) is 5.06. The molecule has 1 saturated carbocycles. The number of aryl methyl sites for hydroxylation is 1. The van der Waals surface area contributed by atoms with Crippen molar-refractivity contribution in [1.29, 1.82) is 0 Å². The van der Waals surface area contributed by atoms with Crippen LogP contribution in [-0.4, -0.2) is 19.2 Å². The Morgan fingerprint density at radius 2 is 2.13 bits per heavy atom. The fourth-order valence-corrected chi connectivity index (χ4v) is 1.34. The van der Waals surface area contributed by atoms with Gasteiger partial charge in [0.1, 0.15) is 5.75 Å². The summed E-state index contributed by atoms with van der Waals surface area (Å²) in [6, 6.07) is 5.38. The van der Waals surface area contributed by atoms with Crippen molar-refractivity contribution in [2.45, 2.75) is 25.9 Å². The van der Waals surface area contributed by atoms with E-state index < -0.39 is 0 Å². The van der Waals surface area contributed by atoms with Gasteiger partial charge in [-0.05, 0) is 37.5 Å². The van der Waals surface area contributed by atoms with E-state index in [1.807, 2.05) is 13.0 Å². The number of hydrogen-bond donors (Lipinski definition) is 0. The van der Waals surface area contributed by atoms with Crippen molar-refractivity contribution < 1.29 is 14.3 Å². The third-order valence-corrected chi connectivity index (χ3v) is 2.43. The SMILES string of the molecule is COC(=O)c1ccc(C)c(OC2CC2)c1. The lowest BCUT2D eigenvalue weighted by molar-refractivity contribution is 0.0600. The largest absolute Gasteiger partial charge is 0.490 e. The van der Waals surface area contributed by atoms with Crippen LogP contribution in [0.25, 0.3) is 0 Å². The molecule has 80 valence electrons. The van der Waals surface area contributed by atoms with Crippen molar-refractivity contribution in [2.24, 2.45) is 0 Å². The minimum absolute atomic E-state index is 0.323. The van der Waals surface area contributed by atoms with Crippen molar-refractivity contribution in [3.05, 3.63) is 29.3 Å². The molecule has 3 heteroatoms. The quantitative estimate of drug-likeness (QED) is 0.712. The highest BCUT2D eigenvalue weighted by molar-refractivity contribution is 5.89. The highest BCUT2D eigenvalue weighted by Crippen LogP contribution is 2.29. The molecule has 0 radical (unpaired) electrons. The molecule has 0 aromatic heterocycles. The van der Waals surface area contributed by atoms with Crippen LogP contribution in [0.4, 0.5) is 0 Å². The molecule has 0 aliphatic heterocycles. The lowest BCUT2D eigenvalue weighted by Gasteiger charge is -2.09. The number of esters is 1. The van der Waals surface area contributed by atoms with Crippen molar-refractivity contribution in [3.63, 3.8) is 0 Å². The molecule has 1 aromatic rings. The molecule has 1 fully saturated rings. The van der Waals surface area contributed by atoms with E-state index >= 15 is 0 Å². The predicted molar refractivity (Wildman–Crippen MR) is 56.2 cm³/mol. The fraction of sp³-hybridized carbons (Fsp3) is 0.417. The van der Waals surface area contributed by atoms with Gasteiger partial charge in [0, 0.05) is 0 Å². The van der Waals surface area contributed by atoms with Crippen molar-refractivity contribution in [3.8, 4) is 5.75 Å². The summed E-state index contributed by atoms with van der Waals surface area (Å²) >= 11 is 0. The summed E-state index contributed by atoms with van der Waals surface area (Å²) in [7, 11) is 1.38. The molecule has 1 aliphatic carbocycles. The number of hydrogen-bond acceptors (Lipinski definition) is 3. The zero-order valence-electron chi connectivity index (χ0n) is 8.95. The summed E-state index contributed by atoms with van der Waals surface area (Å²) in [6.45, 7) is 1.97. The van der Waals surface area contributed by atoms with Gasteiger partial charge in [-0.1, -0.05) is 6.07 Å². The molecule has 3 nitrogen and oxygen atoms in total. The molecule has 0 bridgehead atoms. The third kappa shape index (κ3) is 2.29. The Kier molecular flexibility index (Phi) is 2.62. The van der Waals surface area contributed by atoms with Gasteiger partial charge >= 0.3 is 5.97 Å². The maximum atomic E-state index is 11.3. The monoisotopic (exact) mass is 206 g/mol. The van der Waals surface area contributed by atoms with Crippen LogP contribution < -0.4 is 4.74 Å². The number of carbonyl (C=O) groups excluding carboxylic acids is 1. The third-order valence-electron chi connectivity index (χ3n) is 2.43. The standard InChI is InChI=1S/C12H14O3/c1-8-3-4-9(12(13)14-2)7-11(8)15-10-5-6-10/h3-4,7,10H,5-6H2,1-2H3. The van der Waals surface area contributed by atoms with Crippen molar-refractivity contribution >= 4 is 5.97 Å². The van der Waals surface area contributed by atoms with Gasteiger partial charge in [0.05, 0.1) is 18.8 Å². The molecule has 0 saturated heterocycles. The average Bonchev–Trinajstić information content (AvgIpc) is 3.04. The molecule has 0 heterocycles. The summed E-state index contributed by atoms with van der Waals surface area (Å²) in [5.41, 5.74) is 1.59. The van der Waals surface area contributed by atoms with Crippen LogP contribution in [0.1, 0.15) is 28.8 Å². The minimum atomic E-state index is -0.323. The number of rotatable bonds is 3. The highest BCUT2D eigenvalue weighted by atomic mass is 16.5. The van der Waals surface area contributed by atoms with Gasteiger partial charge in [0.2, 0.25) is 0 Å². The lowest BCUT2D eigenvalue weighted by Crippen LogP contribution is -2.04. The molecule has 15 heavy (non-hydrogen) atoms. The second-order valence-electron chi connectivity index (χ2n) is 3.79. The van der Waals surface area contributed by atoms with Crippen LogP contribution >= 0.6 is 0 Å². The summed E-state index contributed by atoms with van der Waals surface area (Å²) < 4.78 is 10.3. The first kappa shape index (κ1) is 10.0. The molecule has 2 rings (SSSR count). The molecule has 0 spiro atoms. The molecule has 0 atom stereocenters. The van der Waals surface area contributed by atoms with Gasteiger partial charge in [-0.15, -0.1) is 0 Å². The normalized spacial score (nSPS) is 14.8. The Labute approximate surface area is 89.0 Å². The van der Waals surface area contributed by atoms with Crippen molar-refractivity contribution in [2.75, 3.05) is 7.11 Å². The first-order valence-electron chi connectivity index (χ1n) is 5.06. The number of methoxy groups -OCH3 is 1. The average molecular weight is 206 g/mol. The van der Waals surface area contributed by atoms with Gasteiger partial charge in [-0.2, -0.15) is 0 Å². The molecule has 0 N–H and O–H groups in total. The highest BCUT2D eigenvalue weighted by Gasteiger charge is 2.24. The van der Waals surface area contributed by atoms with Crippen LogP contribution in [0.5, 0.6) is 5.75 Å². The van der Waals surface area contributed by atoms with Gasteiger partial charge in [-0.3, -0.25) is 0 Å².